The maximum atomic E-state index is 11.2. The molecule has 1 fully saturated rings. The lowest BCUT2D eigenvalue weighted by Gasteiger charge is -2.38. The van der Waals surface area contributed by atoms with E-state index in [-0.39, 0.29) is 24.5 Å². The van der Waals surface area contributed by atoms with Crippen molar-refractivity contribution in [3.05, 3.63) is 48.0 Å². The van der Waals surface area contributed by atoms with Crippen LogP contribution in [0.25, 0.3) is 22.0 Å². The topological polar surface area (TPSA) is 112 Å². The fourth-order valence-electron chi connectivity index (χ4n) is 2.99. The molecule has 1 aliphatic rings. The summed E-state index contributed by atoms with van der Waals surface area (Å²) in [5.41, 5.74) is 2.73. The Morgan fingerprint density at radius 1 is 1.15 bits per heavy atom. The van der Waals surface area contributed by atoms with Gasteiger partial charge in [-0.15, -0.1) is 11.3 Å². The number of hydrogen-bond acceptors (Lipinski definition) is 8. The van der Waals surface area contributed by atoms with Gasteiger partial charge in [-0.1, -0.05) is 30.3 Å². The van der Waals surface area contributed by atoms with Crippen molar-refractivity contribution < 1.29 is 14.7 Å². The minimum Gasteiger partial charge on any atom is -0.395 e. The van der Waals surface area contributed by atoms with Gasteiger partial charge in [0, 0.05) is 57.7 Å². The molecule has 10 heteroatoms. The van der Waals surface area contributed by atoms with Crippen molar-refractivity contribution in [2.75, 3.05) is 38.6 Å². The largest absolute Gasteiger partial charge is 0.395 e. The fraction of sp³-hybridized carbons (Fsp3) is 0.348. The smallest absolute Gasteiger partial charge is 0.223 e. The van der Waals surface area contributed by atoms with Gasteiger partial charge >= 0.3 is 0 Å². The van der Waals surface area contributed by atoms with Gasteiger partial charge in [0.15, 0.2) is 0 Å². The summed E-state index contributed by atoms with van der Waals surface area (Å²) < 4.78 is 0. The van der Waals surface area contributed by atoms with Crippen molar-refractivity contribution in [2.24, 2.45) is 0 Å². The van der Waals surface area contributed by atoms with Gasteiger partial charge in [0.2, 0.25) is 17.8 Å². The first-order valence-electron chi connectivity index (χ1n) is 10.6. The molecule has 1 aromatic carbocycles. The Hall–Kier alpha value is -3.37. The molecule has 9 nitrogen and oxygen atoms in total. The molecule has 0 bridgehead atoms. The summed E-state index contributed by atoms with van der Waals surface area (Å²) in [4.78, 5) is 38.4. The first kappa shape index (κ1) is 24.3. The summed E-state index contributed by atoms with van der Waals surface area (Å²) >= 11 is 1.60. The summed E-state index contributed by atoms with van der Waals surface area (Å²) in [6.07, 6.45) is 1.73. The fourth-order valence-corrected chi connectivity index (χ4v) is 3.81. The van der Waals surface area contributed by atoms with Crippen LogP contribution in [0.2, 0.25) is 0 Å². The Labute approximate surface area is 197 Å². The van der Waals surface area contributed by atoms with Crippen LogP contribution in [0, 0.1) is 0 Å². The predicted molar refractivity (Wildman–Crippen MR) is 129 cm³/mol. The molecule has 4 rings (SSSR count). The minimum atomic E-state index is -0.0148. The van der Waals surface area contributed by atoms with Crippen molar-refractivity contribution in [2.45, 2.75) is 19.9 Å². The summed E-state index contributed by atoms with van der Waals surface area (Å²) in [6, 6.07) is 12.2. The lowest BCUT2D eigenvalue weighted by molar-refractivity contribution is -0.132. The number of rotatable bonds is 6. The number of likely N-dealkylation sites (tertiary alicyclic amines) is 1. The van der Waals surface area contributed by atoms with E-state index in [9.17, 15) is 9.59 Å². The molecule has 1 saturated heterocycles. The lowest BCUT2D eigenvalue weighted by Crippen LogP contribution is -2.56. The van der Waals surface area contributed by atoms with Crippen LogP contribution in [0.4, 0.5) is 5.95 Å². The van der Waals surface area contributed by atoms with E-state index in [1.54, 1.807) is 36.4 Å². The molecular formula is C23H28N6O3S. The average molecular weight is 469 g/mol. The number of nitrogens with one attached hydrogen (secondary N) is 1. The number of aliphatic hydroxyl groups is 1. The lowest BCUT2D eigenvalue weighted by atomic mass is 10.1. The third kappa shape index (κ3) is 6.80. The highest BCUT2D eigenvalue weighted by Crippen LogP contribution is 2.28. The zero-order valence-electron chi connectivity index (χ0n) is 18.9. The van der Waals surface area contributed by atoms with E-state index in [0.717, 1.165) is 22.0 Å². The maximum absolute atomic E-state index is 11.2. The molecule has 3 heterocycles. The van der Waals surface area contributed by atoms with Gasteiger partial charge in [-0.05, 0) is 6.07 Å². The van der Waals surface area contributed by atoms with Gasteiger partial charge in [0.05, 0.1) is 18.3 Å². The number of thiazole rings is 1. The number of aliphatic hydroxyl groups excluding tert-OH is 1. The molecule has 33 heavy (non-hydrogen) atoms. The molecule has 0 spiro atoms. The van der Waals surface area contributed by atoms with Crippen LogP contribution in [0.15, 0.2) is 48.0 Å². The van der Waals surface area contributed by atoms with Crippen LogP contribution in [0.3, 0.4) is 0 Å². The SMILES string of the molecule is CC(=O)N(C)CCO.CC(=O)N1CC(Nc2nccc(-c3csc(-c4ccccc4)n3)n2)C1. The Kier molecular flexibility index (Phi) is 8.45. The van der Waals surface area contributed by atoms with Gasteiger partial charge in [-0.3, -0.25) is 9.59 Å². The third-order valence-electron chi connectivity index (χ3n) is 5.08. The summed E-state index contributed by atoms with van der Waals surface area (Å²) in [5, 5.41) is 14.5. The van der Waals surface area contributed by atoms with Crippen molar-refractivity contribution >= 4 is 29.1 Å². The van der Waals surface area contributed by atoms with Gasteiger partial charge in [0.1, 0.15) is 10.7 Å². The van der Waals surface area contributed by atoms with Crippen LogP contribution in [-0.4, -0.2) is 81.0 Å². The highest BCUT2D eigenvalue weighted by molar-refractivity contribution is 7.13. The van der Waals surface area contributed by atoms with E-state index in [0.29, 0.717) is 25.6 Å². The summed E-state index contributed by atoms with van der Waals surface area (Å²) in [5.74, 6) is 0.655. The number of carbonyl (C=O) groups excluding carboxylic acids is 2. The van der Waals surface area contributed by atoms with E-state index < -0.39 is 0 Å². The Morgan fingerprint density at radius 2 is 1.88 bits per heavy atom. The number of aromatic nitrogens is 3. The molecule has 2 amide bonds. The van der Waals surface area contributed by atoms with Gasteiger partial charge in [0.25, 0.3) is 0 Å². The number of amides is 2. The van der Waals surface area contributed by atoms with Crippen molar-refractivity contribution in [1.29, 1.82) is 0 Å². The van der Waals surface area contributed by atoms with Gasteiger partial charge in [-0.25, -0.2) is 15.0 Å². The van der Waals surface area contributed by atoms with Crippen molar-refractivity contribution in [3.63, 3.8) is 0 Å². The Balaban J connectivity index is 0.000000331. The zero-order valence-corrected chi connectivity index (χ0v) is 19.7. The summed E-state index contributed by atoms with van der Waals surface area (Å²) in [6.45, 7) is 4.90. The van der Waals surface area contributed by atoms with Crippen LogP contribution in [0.1, 0.15) is 13.8 Å². The maximum Gasteiger partial charge on any atom is 0.223 e. The number of anilines is 1. The van der Waals surface area contributed by atoms with Crippen LogP contribution in [-0.2, 0) is 9.59 Å². The van der Waals surface area contributed by atoms with Gasteiger partial charge in [-0.2, -0.15) is 0 Å². The van der Waals surface area contributed by atoms with E-state index in [1.165, 1.54) is 11.8 Å². The monoisotopic (exact) mass is 468 g/mol. The number of nitrogens with zero attached hydrogens (tertiary/aromatic N) is 5. The van der Waals surface area contributed by atoms with Gasteiger partial charge < -0.3 is 20.2 Å². The number of benzene rings is 1. The van der Waals surface area contributed by atoms with Crippen LogP contribution >= 0.6 is 11.3 Å². The van der Waals surface area contributed by atoms with Crippen LogP contribution < -0.4 is 5.32 Å². The molecule has 0 radical (unpaired) electrons. The average Bonchev–Trinajstić information content (AvgIpc) is 3.27. The molecule has 174 valence electrons. The molecule has 2 N–H and O–H groups in total. The number of carbonyl (C=O) groups is 2. The molecule has 0 unspecified atom stereocenters. The second-order valence-electron chi connectivity index (χ2n) is 7.60. The standard InChI is InChI=1S/C18H17N5OS.C5H11NO2/c1-12(24)23-9-14(10-23)20-18-19-8-7-15(22-18)16-11-25-17(21-16)13-5-3-2-4-6-13;1-5(8)6(2)3-4-7/h2-8,11,14H,9-10H2,1H3,(H,19,20,22);7H,3-4H2,1-2H3. The highest BCUT2D eigenvalue weighted by atomic mass is 32.1. The molecule has 2 aromatic heterocycles. The first-order chi connectivity index (χ1) is 15.9. The Bertz CT molecular complexity index is 1070. The normalized spacial score (nSPS) is 12.9. The second-order valence-corrected chi connectivity index (χ2v) is 8.46. The van der Waals surface area contributed by atoms with E-state index >= 15 is 0 Å². The highest BCUT2D eigenvalue weighted by Gasteiger charge is 2.28. The minimum absolute atomic E-state index is 0.0148. The van der Waals surface area contributed by atoms with Crippen molar-refractivity contribution in [3.8, 4) is 22.0 Å². The molecule has 0 saturated carbocycles. The predicted octanol–water partition coefficient (Wildman–Crippen LogP) is 2.37. The number of likely N-dealkylation sites (N-methyl/N-ethyl adjacent to an activating group) is 1. The zero-order chi connectivity index (χ0) is 23.8. The second kappa shape index (κ2) is 11.5. The van der Waals surface area contributed by atoms with E-state index in [1.807, 2.05) is 41.8 Å². The van der Waals surface area contributed by atoms with E-state index in [2.05, 4.69) is 20.3 Å². The molecule has 0 aliphatic carbocycles. The third-order valence-corrected chi connectivity index (χ3v) is 5.97. The Morgan fingerprint density at radius 3 is 2.48 bits per heavy atom. The van der Waals surface area contributed by atoms with Crippen LogP contribution in [0.5, 0.6) is 0 Å². The number of hydrogen-bond donors (Lipinski definition) is 2. The molecule has 1 aliphatic heterocycles. The molecule has 3 aromatic rings. The summed E-state index contributed by atoms with van der Waals surface area (Å²) in [7, 11) is 1.65. The van der Waals surface area contributed by atoms with Crippen molar-refractivity contribution in [1.82, 2.24) is 24.8 Å². The van der Waals surface area contributed by atoms with E-state index in [4.69, 9.17) is 5.11 Å². The molecular weight excluding hydrogens is 440 g/mol. The molecule has 0 atom stereocenters. The first-order valence-corrected chi connectivity index (χ1v) is 11.4. The quantitative estimate of drug-likeness (QED) is 0.571.